The van der Waals surface area contributed by atoms with Crippen LogP contribution in [-0.2, 0) is 0 Å². The molecule has 0 radical (unpaired) electrons. The Kier molecular flexibility index (Phi) is 4.26. The lowest BCUT2D eigenvalue weighted by atomic mass is 10.1. The number of aromatic nitrogens is 2. The second-order valence-electron chi connectivity index (χ2n) is 6.45. The summed E-state index contributed by atoms with van der Waals surface area (Å²) in [5.74, 6) is -0.142. The van der Waals surface area contributed by atoms with Crippen molar-refractivity contribution in [3.05, 3.63) is 84.2 Å². The number of pyridine rings is 1. The molecule has 1 amide bonds. The van der Waals surface area contributed by atoms with Gasteiger partial charge >= 0.3 is 0 Å². The summed E-state index contributed by atoms with van der Waals surface area (Å²) in [6.45, 7) is 0. The van der Waals surface area contributed by atoms with E-state index in [1.165, 1.54) is 0 Å². The number of anilines is 2. The molecule has 0 fully saturated rings. The first-order valence-electron chi connectivity index (χ1n) is 8.68. The highest BCUT2D eigenvalue weighted by Gasteiger charge is 2.16. The SMILES string of the molecule is CN(C(=O)c1ccn2ncc(-c3ccc(N)cc3)c2c1)c1ccc(C#N)cc1. The summed E-state index contributed by atoms with van der Waals surface area (Å²) in [7, 11) is 1.71. The average Bonchev–Trinajstić information content (AvgIpc) is 3.16. The maximum atomic E-state index is 13.0. The molecule has 0 aliphatic rings. The van der Waals surface area contributed by atoms with Crippen LogP contribution in [0.15, 0.2) is 73.1 Å². The fraction of sp³-hybridized carbons (Fsp3) is 0.0455. The molecule has 28 heavy (non-hydrogen) atoms. The lowest BCUT2D eigenvalue weighted by Gasteiger charge is -2.17. The number of rotatable bonds is 3. The van der Waals surface area contributed by atoms with Crippen LogP contribution in [-0.4, -0.2) is 22.6 Å². The van der Waals surface area contributed by atoms with Crippen LogP contribution in [0, 0.1) is 11.3 Å². The Bertz CT molecular complexity index is 1200. The molecule has 0 spiro atoms. The van der Waals surface area contributed by atoms with E-state index >= 15 is 0 Å². The topological polar surface area (TPSA) is 87.4 Å². The molecule has 0 bridgehead atoms. The number of nitrogen functional groups attached to an aromatic ring is 1. The van der Waals surface area contributed by atoms with Crippen LogP contribution in [0.2, 0.25) is 0 Å². The predicted molar refractivity (Wildman–Crippen MR) is 109 cm³/mol. The summed E-state index contributed by atoms with van der Waals surface area (Å²) in [5.41, 5.74) is 11.0. The number of amides is 1. The number of carbonyl (C=O) groups excluding carboxylic acids is 1. The Labute approximate surface area is 162 Å². The van der Waals surface area contributed by atoms with Gasteiger partial charge in [-0.1, -0.05) is 12.1 Å². The van der Waals surface area contributed by atoms with Gasteiger partial charge in [-0.15, -0.1) is 0 Å². The van der Waals surface area contributed by atoms with Crippen LogP contribution in [0.1, 0.15) is 15.9 Å². The first-order chi connectivity index (χ1) is 13.6. The average molecular weight is 367 g/mol. The quantitative estimate of drug-likeness (QED) is 0.559. The second-order valence-corrected chi connectivity index (χ2v) is 6.45. The van der Waals surface area contributed by atoms with Gasteiger partial charge in [0.1, 0.15) is 0 Å². The van der Waals surface area contributed by atoms with Gasteiger partial charge in [-0.3, -0.25) is 4.79 Å². The summed E-state index contributed by atoms with van der Waals surface area (Å²) < 4.78 is 1.74. The molecule has 0 atom stereocenters. The molecule has 4 rings (SSSR count). The minimum absolute atomic E-state index is 0.142. The first-order valence-corrected chi connectivity index (χ1v) is 8.68. The zero-order chi connectivity index (χ0) is 19.7. The lowest BCUT2D eigenvalue weighted by molar-refractivity contribution is 0.0993. The van der Waals surface area contributed by atoms with E-state index in [1.54, 1.807) is 59.2 Å². The van der Waals surface area contributed by atoms with Crippen LogP contribution in [0.3, 0.4) is 0 Å². The van der Waals surface area contributed by atoms with Crippen molar-refractivity contribution in [3.63, 3.8) is 0 Å². The molecule has 6 heteroatoms. The van der Waals surface area contributed by atoms with Gasteiger partial charge in [-0.25, -0.2) is 4.52 Å². The molecular formula is C22H17N5O. The van der Waals surface area contributed by atoms with Gasteiger partial charge < -0.3 is 10.6 Å². The summed E-state index contributed by atoms with van der Waals surface area (Å²) in [6, 6.07) is 20.1. The smallest absolute Gasteiger partial charge is 0.258 e. The number of nitrogens with zero attached hydrogens (tertiary/aromatic N) is 4. The standard InChI is InChI=1S/C22H17N5O/c1-26(19-8-2-15(13-23)3-9-19)22(28)17-10-11-27-21(12-17)20(14-25-27)16-4-6-18(24)7-5-16/h2-12,14H,24H2,1H3. The van der Waals surface area contributed by atoms with Gasteiger partial charge in [0.25, 0.3) is 5.91 Å². The van der Waals surface area contributed by atoms with Crippen molar-refractivity contribution < 1.29 is 4.79 Å². The summed E-state index contributed by atoms with van der Waals surface area (Å²) in [6.07, 6.45) is 3.55. The van der Waals surface area contributed by atoms with Crippen LogP contribution in [0.5, 0.6) is 0 Å². The molecular weight excluding hydrogens is 350 g/mol. The Morgan fingerprint density at radius 1 is 1.11 bits per heavy atom. The molecule has 0 unspecified atom stereocenters. The van der Waals surface area contributed by atoms with Crippen molar-refractivity contribution in [2.45, 2.75) is 0 Å². The number of benzene rings is 2. The van der Waals surface area contributed by atoms with Crippen LogP contribution < -0.4 is 10.6 Å². The highest BCUT2D eigenvalue weighted by molar-refractivity contribution is 6.06. The summed E-state index contributed by atoms with van der Waals surface area (Å²) >= 11 is 0. The Hall–Kier alpha value is -4.11. The largest absolute Gasteiger partial charge is 0.399 e. The molecule has 0 saturated carbocycles. The van der Waals surface area contributed by atoms with Gasteiger partial charge in [0.05, 0.1) is 23.3 Å². The molecule has 0 saturated heterocycles. The molecule has 2 heterocycles. The predicted octanol–water partition coefficient (Wildman–Crippen LogP) is 3.73. The van der Waals surface area contributed by atoms with Gasteiger partial charge in [-0.05, 0) is 54.1 Å². The van der Waals surface area contributed by atoms with Crippen LogP contribution in [0.4, 0.5) is 11.4 Å². The maximum absolute atomic E-state index is 13.0. The third-order valence-corrected chi connectivity index (χ3v) is 4.68. The summed E-state index contributed by atoms with van der Waals surface area (Å²) in [4.78, 5) is 14.5. The number of hydrogen-bond donors (Lipinski definition) is 1. The third kappa shape index (κ3) is 3.06. The van der Waals surface area contributed by atoms with Crippen molar-refractivity contribution >= 4 is 22.8 Å². The van der Waals surface area contributed by atoms with E-state index in [-0.39, 0.29) is 5.91 Å². The van der Waals surface area contributed by atoms with E-state index in [0.29, 0.717) is 16.8 Å². The molecule has 2 N–H and O–H groups in total. The maximum Gasteiger partial charge on any atom is 0.258 e. The Balaban J connectivity index is 1.70. The zero-order valence-corrected chi connectivity index (χ0v) is 15.2. The van der Waals surface area contributed by atoms with Gasteiger partial charge in [0.2, 0.25) is 0 Å². The zero-order valence-electron chi connectivity index (χ0n) is 15.2. The number of fused-ring (bicyclic) bond motifs is 1. The van der Waals surface area contributed by atoms with Crippen molar-refractivity contribution in [3.8, 4) is 17.2 Å². The number of hydrogen-bond acceptors (Lipinski definition) is 4. The number of nitrogens with two attached hydrogens (primary N) is 1. The van der Waals surface area contributed by atoms with E-state index < -0.39 is 0 Å². The third-order valence-electron chi connectivity index (χ3n) is 4.68. The van der Waals surface area contributed by atoms with E-state index in [2.05, 4.69) is 11.2 Å². The van der Waals surface area contributed by atoms with Crippen LogP contribution >= 0.6 is 0 Å². The highest BCUT2D eigenvalue weighted by atomic mass is 16.2. The molecule has 2 aromatic heterocycles. The highest BCUT2D eigenvalue weighted by Crippen LogP contribution is 2.26. The van der Waals surface area contributed by atoms with Gasteiger partial charge in [0, 0.05) is 35.7 Å². The Morgan fingerprint density at radius 3 is 2.50 bits per heavy atom. The molecule has 2 aromatic carbocycles. The minimum Gasteiger partial charge on any atom is -0.399 e. The molecule has 0 aliphatic heterocycles. The fourth-order valence-corrected chi connectivity index (χ4v) is 3.07. The van der Waals surface area contributed by atoms with Crippen molar-refractivity contribution in [2.75, 3.05) is 17.7 Å². The van der Waals surface area contributed by atoms with Crippen molar-refractivity contribution in [1.82, 2.24) is 9.61 Å². The number of carbonyl (C=O) groups is 1. The Morgan fingerprint density at radius 2 is 1.82 bits per heavy atom. The van der Waals surface area contributed by atoms with Gasteiger partial charge in [0.15, 0.2) is 0 Å². The van der Waals surface area contributed by atoms with Crippen LogP contribution in [0.25, 0.3) is 16.6 Å². The lowest BCUT2D eigenvalue weighted by Crippen LogP contribution is -2.26. The minimum atomic E-state index is -0.142. The van der Waals surface area contributed by atoms with Crippen molar-refractivity contribution in [1.29, 1.82) is 5.26 Å². The molecule has 0 aliphatic carbocycles. The fourth-order valence-electron chi connectivity index (χ4n) is 3.07. The monoisotopic (exact) mass is 367 g/mol. The molecule has 4 aromatic rings. The molecule has 136 valence electrons. The molecule has 6 nitrogen and oxygen atoms in total. The van der Waals surface area contributed by atoms with E-state index in [4.69, 9.17) is 11.0 Å². The van der Waals surface area contributed by atoms with Gasteiger partial charge in [-0.2, -0.15) is 10.4 Å². The van der Waals surface area contributed by atoms with E-state index in [1.807, 2.05) is 30.3 Å². The second kappa shape index (κ2) is 6.89. The summed E-state index contributed by atoms with van der Waals surface area (Å²) in [5, 5.41) is 13.3. The van der Waals surface area contributed by atoms with E-state index in [0.717, 1.165) is 22.3 Å². The normalized spacial score (nSPS) is 10.6. The number of nitriles is 1. The van der Waals surface area contributed by atoms with E-state index in [9.17, 15) is 4.79 Å². The van der Waals surface area contributed by atoms with Crippen molar-refractivity contribution in [2.24, 2.45) is 0 Å². The first kappa shape index (κ1) is 17.3.